The normalized spacial score (nSPS) is 13.7. The molecule has 0 spiro atoms. The summed E-state index contributed by atoms with van der Waals surface area (Å²) >= 11 is 16.1. The minimum atomic E-state index is -5.51. The summed E-state index contributed by atoms with van der Waals surface area (Å²) in [7, 11) is 1.38. The number of ether oxygens (including phenoxy) is 5. The molecule has 8 aromatic heterocycles. The molecule has 1 atom stereocenters. The molecule has 0 radical (unpaired) electrons. The van der Waals surface area contributed by atoms with Crippen LogP contribution in [0.1, 0.15) is 124 Å². The van der Waals surface area contributed by atoms with E-state index in [1.807, 2.05) is 124 Å². The Hall–Kier alpha value is -10.0. The molecule has 0 amide bonds. The van der Waals surface area contributed by atoms with Gasteiger partial charge in [-0.25, -0.2) is 0 Å². The number of benzene rings is 8. The first-order valence-corrected chi connectivity index (χ1v) is 51.4. The minimum absolute atomic E-state index is 0.291. The molecule has 8 aromatic carbocycles. The van der Waals surface area contributed by atoms with Crippen molar-refractivity contribution >= 4 is 188 Å². The van der Waals surface area contributed by atoms with Crippen molar-refractivity contribution in [2.45, 2.75) is 88.7 Å². The Morgan fingerprint density at radius 2 is 0.808 bits per heavy atom. The van der Waals surface area contributed by atoms with Crippen LogP contribution in [0.25, 0.3) is 80.4 Å². The number of fused-ring (bicyclic) bond motifs is 8. The van der Waals surface area contributed by atoms with E-state index >= 15 is 0 Å². The number of ketones is 1. The van der Waals surface area contributed by atoms with E-state index in [0.29, 0.717) is 35.4 Å². The molecule has 8 heterocycles. The predicted molar refractivity (Wildman–Crippen MR) is 530 cm³/mol. The van der Waals surface area contributed by atoms with Gasteiger partial charge in [0.25, 0.3) is 0 Å². The third-order valence-corrected chi connectivity index (χ3v) is 31.5. The van der Waals surface area contributed by atoms with E-state index in [1.54, 1.807) is 126 Å². The molecule has 16 aromatic rings. The zero-order valence-corrected chi connectivity index (χ0v) is 81.2. The Bertz CT molecular complexity index is 6650. The van der Waals surface area contributed by atoms with Crippen molar-refractivity contribution < 1.29 is 91.6 Å². The van der Waals surface area contributed by atoms with Crippen LogP contribution < -0.4 is 29.1 Å². The number of carbonyl (C=O) groups excluding carboxylic acids is 2. The Kier molecular flexibility index (Phi) is 35.5. The predicted octanol–water partition coefficient (Wildman–Crippen LogP) is 28.0. The van der Waals surface area contributed by atoms with Gasteiger partial charge in [0.15, 0.2) is 12.1 Å². The third-order valence-electron chi connectivity index (χ3n) is 21.8. The van der Waals surface area contributed by atoms with Crippen molar-refractivity contribution in [3.05, 3.63) is 341 Å². The van der Waals surface area contributed by atoms with Crippen molar-refractivity contribution in [1.29, 1.82) is 0 Å². The van der Waals surface area contributed by atoms with E-state index in [1.165, 1.54) is 135 Å². The van der Waals surface area contributed by atoms with E-state index in [2.05, 4.69) is 168 Å². The van der Waals surface area contributed by atoms with E-state index in [-0.39, 0.29) is 0 Å². The quantitative estimate of drug-likeness (QED) is 0.0451. The first-order valence-electron chi connectivity index (χ1n) is 41.2. The second-order valence-electron chi connectivity index (χ2n) is 29.5. The van der Waals surface area contributed by atoms with Gasteiger partial charge in [0.05, 0.1) is 35.5 Å². The number of alkyl halides is 3. The summed E-state index contributed by atoms with van der Waals surface area (Å²) < 4.78 is 110. The number of rotatable bonds is 14. The van der Waals surface area contributed by atoms with Crippen LogP contribution in [0, 0.1) is 0 Å². The Labute approximate surface area is 800 Å². The van der Waals surface area contributed by atoms with Gasteiger partial charge < -0.3 is 33.7 Å². The van der Waals surface area contributed by atoms with Gasteiger partial charge in [-0.1, -0.05) is 103 Å². The fourth-order valence-electron chi connectivity index (χ4n) is 15.4. The molecule has 1 unspecified atom stereocenters. The van der Waals surface area contributed by atoms with Gasteiger partial charge in [-0.15, -0.1) is 90.7 Å². The Balaban J connectivity index is 0.000000127. The van der Waals surface area contributed by atoms with E-state index in [4.69, 9.17) is 41.4 Å². The molecule has 0 saturated heterocycles. The van der Waals surface area contributed by atoms with E-state index < -0.39 is 43.7 Å². The topological polar surface area (TPSA) is 198 Å². The molecule has 0 fully saturated rings. The van der Waals surface area contributed by atoms with Crippen LogP contribution in [-0.4, -0.2) is 78.7 Å². The third kappa shape index (κ3) is 24.6. The van der Waals surface area contributed by atoms with Crippen LogP contribution in [0.4, 0.5) is 13.2 Å². The Morgan fingerprint density at radius 3 is 1.28 bits per heavy atom. The van der Waals surface area contributed by atoms with Crippen LogP contribution >= 0.6 is 107 Å². The molecule has 2 N–H and O–H groups in total. The molecule has 29 heteroatoms. The molecule has 0 bridgehead atoms. The van der Waals surface area contributed by atoms with Gasteiger partial charge in [-0.05, 0) is 340 Å². The van der Waals surface area contributed by atoms with E-state index in [9.17, 15) is 31.2 Å². The van der Waals surface area contributed by atoms with Crippen LogP contribution in [0.3, 0.4) is 0 Å². The van der Waals surface area contributed by atoms with Crippen LogP contribution in [0.2, 0.25) is 0 Å². The van der Waals surface area contributed by atoms with Crippen molar-refractivity contribution in [3.63, 3.8) is 0 Å². The molecular weight excluding hydrogens is 1930 g/mol. The standard InChI is InChI=1S/C16H12O2S.C16H14S2.C15H11BrOS.C15H14OS.C15H12OS.C9H9F3O3S2.C8H8OS.C7H9BO3.Mn.2O/c1-18-13-5-2-11(3-6-13)14-7-4-12(10-17)16-15(14)8-9-19-16;1-3-11(13-7-9-17-15(13)5-1)12-4-2-6-16-14(12)8-10-18-16;1-17-11-4-2-10(3-5-11)12-6-7-14(16)15-13(12)8-9-18-15;2*1-16-12-7-5-11(6-8-12)13-3-2-4-15-14(13)9-10-17-15;10-9(11,12)17(13,14)15-7-2-1-3-8-6(7)4-5-16-8;9-7-2-1-3-8-6(7)4-5-10-8;1-11-7-4-2-6(3-5-7)8(9)10;;;/h2-10H,1H3;3-4,7-10H,1-2,5-6H2;2-9H,1H3;3,5-10H,2,4H2,1H3;2-10H,1H3;4-5,7H,1-3H2;4-5H,1-3H2;2-5,9-10H,1H3;;;. The van der Waals surface area contributed by atoms with Gasteiger partial charge >= 0.3 is 45.2 Å². The number of halogens is 4. The molecule has 0 aliphatic heterocycles. The molecule has 21 rings (SSSR count). The summed E-state index contributed by atoms with van der Waals surface area (Å²) in [6.45, 7) is 0. The second kappa shape index (κ2) is 47.4. The van der Waals surface area contributed by atoms with E-state index in [0.717, 1.165) is 103 Å². The average Bonchev–Trinajstić information content (AvgIpc) is 1.55. The molecule has 130 heavy (non-hydrogen) atoms. The van der Waals surface area contributed by atoms with Crippen LogP contribution in [0.5, 0.6) is 28.7 Å². The van der Waals surface area contributed by atoms with Crippen molar-refractivity contribution in [1.82, 2.24) is 0 Å². The zero-order chi connectivity index (χ0) is 91.7. The number of Topliss-reactive ketones (excluding diaryl/α,β-unsaturated/α-hetero) is 1. The van der Waals surface area contributed by atoms with Gasteiger partial charge in [0.1, 0.15) is 34.9 Å². The fourth-order valence-corrected chi connectivity index (χ4v) is 23.8. The first kappa shape index (κ1) is 97.5. The number of hydrogen-bond donors (Lipinski definition) is 2. The van der Waals surface area contributed by atoms with Gasteiger partial charge in [-0.3, -0.25) is 13.8 Å². The summed E-state index contributed by atoms with van der Waals surface area (Å²) in [6, 6.07) is 70.6. The summed E-state index contributed by atoms with van der Waals surface area (Å²) in [4.78, 5) is 29.0. The molecule has 0 saturated carbocycles. The van der Waals surface area contributed by atoms with Crippen LogP contribution in [0.15, 0.2) is 278 Å². The number of methoxy groups -OCH3 is 5. The number of aldehydes is 1. The molecule has 14 nitrogen and oxygen atoms in total. The monoisotopic (exact) mass is 2020 g/mol. The maximum absolute atomic E-state index is 12.2. The number of aryl methyl sites for hydroxylation is 5. The molecular formula is C101H89BBrF3MnO14S9. The zero-order valence-electron chi connectivity index (χ0n) is 71.1. The molecule has 5 aliphatic rings. The van der Waals surface area contributed by atoms with Gasteiger partial charge in [0.2, 0.25) is 0 Å². The summed E-state index contributed by atoms with van der Waals surface area (Å²) in [5, 5.41) is 37.8. The van der Waals surface area contributed by atoms with Crippen molar-refractivity contribution in [2.24, 2.45) is 0 Å². The van der Waals surface area contributed by atoms with Crippen LogP contribution in [-0.2, 0) is 68.9 Å². The number of carbonyl (C=O) groups is 2. The number of allylic oxidation sites excluding steroid dienone is 5. The van der Waals surface area contributed by atoms with Gasteiger partial charge in [-0.2, -0.15) is 21.6 Å². The summed E-state index contributed by atoms with van der Waals surface area (Å²) in [6.07, 6.45) is 18.9. The Morgan fingerprint density at radius 1 is 0.415 bits per heavy atom. The molecule has 5 aliphatic carbocycles. The fraction of sp³-hybridized carbons (Fsp3) is 0.188. The number of hydrogen-bond acceptors (Lipinski definition) is 22. The SMILES string of the molecule is C1=C(C2=CCCc3sccc32)c2ccsc2CC1.COc1ccc(-c2ccc(Br)c3sccc23)cc1.COc1ccc(-c2ccc(C=O)c3sccc23)cc1.COc1ccc(-c2cccc3sccc23)cc1.COc1ccc(B(O)O)cc1.COc1ccc(C2=CCCc3sccc32)cc1.O=C1CCCc2sccc21.O=S(=O)(OC1CCCc2sccc21)C(F)(F)F.[O]=[Mn]=[O]. The average molecular weight is 2020 g/mol. The van der Waals surface area contributed by atoms with Gasteiger partial charge in [0, 0.05) is 76.7 Å². The second-order valence-corrected chi connectivity index (χ2v) is 39.9. The molecule has 669 valence electrons. The van der Waals surface area contributed by atoms with Crippen molar-refractivity contribution in [2.75, 3.05) is 35.5 Å². The summed E-state index contributed by atoms with van der Waals surface area (Å²) in [5.41, 5.74) is 14.7. The number of thiophene rings is 8. The maximum atomic E-state index is 12.2. The summed E-state index contributed by atoms with van der Waals surface area (Å²) in [5.74, 6) is 4.58. The van der Waals surface area contributed by atoms with Crippen molar-refractivity contribution in [3.8, 4) is 62.1 Å². The first-order chi connectivity index (χ1) is 63.2.